The molecule has 0 radical (unpaired) electrons. The lowest BCUT2D eigenvalue weighted by Gasteiger charge is -2.24. The molecule has 26 heavy (non-hydrogen) atoms. The third-order valence-electron chi connectivity index (χ3n) is 3.75. The predicted octanol–water partition coefficient (Wildman–Crippen LogP) is 3.33. The predicted molar refractivity (Wildman–Crippen MR) is 108 cm³/mol. The summed E-state index contributed by atoms with van der Waals surface area (Å²) < 4.78 is 4.61. The highest BCUT2D eigenvalue weighted by Crippen LogP contribution is 2.21. The number of nitrogens with one attached hydrogen (secondary N) is 1. The SMILES string of the molecule is COC(=O)CSCc1cccc(NC(=O)C(C)(N)c2ccccc2)c1.Cl. The number of benzene rings is 2. The van der Waals surface area contributed by atoms with Crippen molar-refractivity contribution in [2.75, 3.05) is 18.2 Å². The Bertz CT molecular complexity index is 739. The van der Waals surface area contributed by atoms with Crippen LogP contribution in [0.25, 0.3) is 0 Å². The first kappa shape index (κ1) is 22.0. The minimum Gasteiger partial charge on any atom is -0.468 e. The van der Waals surface area contributed by atoms with Crippen LogP contribution in [0.3, 0.4) is 0 Å². The van der Waals surface area contributed by atoms with Gasteiger partial charge in [-0.2, -0.15) is 0 Å². The van der Waals surface area contributed by atoms with E-state index in [2.05, 4.69) is 10.1 Å². The number of thioether (sulfide) groups is 1. The Morgan fingerprint density at radius 3 is 2.50 bits per heavy atom. The fourth-order valence-corrected chi connectivity index (χ4v) is 3.03. The summed E-state index contributed by atoms with van der Waals surface area (Å²) in [5.41, 5.74) is 7.53. The summed E-state index contributed by atoms with van der Waals surface area (Å²) >= 11 is 1.46. The molecule has 3 N–H and O–H groups in total. The highest BCUT2D eigenvalue weighted by Gasteiger charge is 2.30. The van der Waals surface area contributed by atoms with Crippen LogP contribution in [-0.2, 0) is 25.6 Å². The van der Waals surface area contributed by atoms with Crippen molar-refractivity contribution in [3.8, 4) is 0 Å². The zero-order chi connectivity index (χ0) is 18.3. The molecule has 0 saturated carbocycles. The second kappa shape index (κ2) is 10.2. The monoisotopic (exact) mass is 394 g/mol. The van der Waals surface area contributed by atoms with E-state index in [9.17, 15) is 9.59 Å². The number of halogens is 1. The largest absolute Gasteiger partial charge is 0.468 e. The average molecular weight is 395 g/mol. The maximum absolute atomic E-state index is 12.6. The highest BCUT2D eigenvalue weighted by molar-refractivity contribution is 7.99. The van der Waals surface area contributed by atoms with E-state index in [0.717, 1.165) is 11.1 Å². The summed E-state index contributed by atoms with van der Waals surface area (Å²) in [6.45, 7) is 1.69. The van der Waals surface area contributed by atoms with Crippen molar-refractivity contribution >= 4 is 41.7 Å². The number of hydrogen-bond acceptors (Lipinski definition) is 5. The van der Waals surface area contributed by atoms with Gasteiger partial charge in [0.2, 0.25) is 5.91 Å². The number of carbonyl (C=O) groups is 2. The molecule has 0 aliphatic carbocycles. The summed E-state index contributed by atoms with van der Waals surface area (Å²) in [4.78, 5) is 23.7. The van der Waals surface area contributed by atoms with Gasteiger partial charge in [-0.3, -0.25) is 9.59 Å². The summed E-state index contributed by atoms with van der Waals surface area (Å²) in [6.07, 6.45) is 0. The second-order valence-electron chi connectivity index (χ2n) is 5.79. The molecule has 0 saturated heterocycles. The molecular weight excluding hydrogens is 372 g/mol. The van der Waals surface area contributed by atoms with Crippen LogP contribution in [0.15, 0.2) is 54.6 Å². The molecule has 1 unspecified atom stereocenters. The number of nitrogens with two attached hydrogens (primary N) is 1. The number of ether oxygens (including phenoxy) is 1. The molecular formula is C19H23ClN2O3S. The van der Waals surface area contributed by atoms with E-state index in [1.165, 1.54) is 18.9 Å². The van der Waals surface area contributed by atoms with Gasteiger partial charge in [0.15, 0.2) is 0 Å². The van der Waals surface area contributed by atoms with Crippen molar-refractivity contribution in [3.63, 3.8) is 0 Å². The summed E-state index contributed by atoms with van der Waals surface area (Å²) in [5.74, 6) is 0.411. The first-order chi connectivity index (χ1) is 11.9. The van der Waals surface area contributed by atoms with Crippen molar-refractivity contribution in [2.24, 2.45) is 5.73 Å². The molecule has 2 rings (SSSR count). The zero-order valence-corrected chi connectivity index (χ0v) is 16.4. The van der Waals surface area contributed by atoms with Crippen LogP contribution in [0.2, 0.25) is 0 Å². The number of anilines is 1. The topological polar surface area (TPSA) is 81.4 Å². The number of carbonyl (C=O) groups excluding carboxylic acids is 2. The molecule has 0 aliphatic heterocycles. The molecule has 2 aromatic rings. The number of rotatable bonds is 7. The molecule has 140 valence electrons. The molecule has 7 heteroatoms. The van der Waals surface area contributed by atoms with E-state index in [1.54, 1.807) is 6.92 Å². The normalized spacial score (nSPS) is 12.4. The summed E-state index contributed by atoms with van der Waals surface area (Å²) in [6, 6.07) is 16.8. The Labute approximate surface area is 164 Å². The Kier molecular flexibility index (Phi) is 8.65. The molecule has 0 aliphatic rings. The molecule has 0 bridgehead atoms. The quantitative estimate of drug-likeness (QED) is 0.704. The van der Waals surface area contributed by atoms with Crippen LogP contribution in [0, 0.1) is 0 Å². The summed E-state index contributed by atoms with van der Waals surface area (Å²) in [5, 5.41) is 2.87. The first-order valence-corrected chi connectivity index (χ1v) is 8.98. The minimum absolute atomic E-state index is 0. The number of methoxy groups -OCH3 is 1. The third kappa shape index (κ3) is 6.05. The molecule has 2 aromatic carbocycles. The molecule has 5 nitrogen and oxygen atoms in total. The lowest BCUT2D eigenvalue weighted by atomic mass is 9.92. The van der Waals surface area contributed by atoms with Gasteiger partial charge >= 0.3 is 5.97 Å². The van der Waals surface area contributed by atoms with Crippen molar-refractivity contribution < 1.29 is 14.3 Å². The van der Waals surface area contributed by atoms with Crippen molar-refractivity contribution in [3.05, 3.63) is 65.7 Å². The van der Waals surface area contributed by atoms with Gasteiger partial charge in [-0.15, -0.1) is 24.2 Å². The van der Waals surface area contributed by atoms with E-state index >= 15 is 0 Å². The van der Waals surface area contributed by atoms with Crippen LogP contribution in [0.1, 0.15) is 18.1 Å². The third-order valence-corrected chi connectivity index (χ3v) is 4.72. The molecule has 0 spiro atoms. The van der Waals surface area contributed by atoms with E-state index in [4.69, 9.17) is 5.73 Å². The zero-order valence-electron chi connectivity index (χ0n) is 14.7. The van der Waals surface area contributed by atoms with Gasteiger partial charge in [0.1, 0.15) is 5.54 Å². The standard InChI is InChI=1S/C19H22N2O3S.ClH/c1-19(20,15-8-4-3-5-9-15)18(23)21-16-10-6-7-14(11-16)12-25-13-17(22)24-2;/h3-11H,12-13,20H2,1-2H3,(H,21,23);1H. The van der Waals surface area contributed by atoms with E-state index in [1.807, 2.05) is 54.6 Å². The van der Waals surface area contributed by atoms with Gasteiger partial charge in [0.05, 0.1) is 12.9 Å². The smallest absolute Gasteiger partial charge is 0.315 e. The Morgan fingerprint density at radius 2 is 1.85 bits per heavy atom. The number of amides is 1. The van der Waals surface area contributed by atoms with Gasteiger partial charge in [-0.1, -0.05) is 42.5 Å². The molecule has 1 amide bonds. The highest BCUT2D eigenvalue weighted by atomic mass is 35.5. The lowest BCUT2D eigenvalue weighted by Crippen LogP contribution is -2.45. The van der Waals surface area contributed by atoms with Gasteiger partial charge in [0, 0.05) is 11.4 Å². The fourth-order valence-electron chi connectivity index (χ4n) is 2.23. The fraction of sp³-hybridized carbons (Fsp3) is 0.263. The van der Waals surface area contributed by atoms with Crippen LogP contribution >= 0.6 is 24.2 Å². The second-order valence-corrected chi connectivity index (χ2v) is 6.78. The Morgan fingerprint density at radius 1 is 1.15 bits per heavy atom. The van der Waals surface area contributed by atoms with Crippen molar-refractivity contribution in [1.29, 1.82) is 0 Å². The molecule has 0 aromatic heterocycles. The van der Waals surface area contributed by atoms with Crippen LogP contribution in [0.4, 0.5) is 5.69 Å². The van der Waals surface area contributed by atoms with E-state index in [0.29, 0.717) is 17.2 Å². The van der Waals surface area contributed by atoms with Gasteiger partial charge in [0.25, 0.3) is 0 Å². The first-order valence-electron chi connectivity index (χ1n) is 7.83. The Hall–Kier alpha value is -2.02. The molecule has 1 atom stereocenters. The molecule has 0 heterocycles. The maximum Gasteiger partial charge on any atom is 0.315 e. The van der Waals surface area contributed by atoms with Crippen molar-refractivity contribution in [2.45, 2.75) is 18.2 Å². The van der Waals surface area contributed by atoms with E-state index < -0.39 is 5.54 Å². The van der Waals surface area contributed by atoms with Crippen LogP contribution in [-0.4, -0.2) is 24.7 Å². The minimum atomic E-state index is -1.13. The van der Waals surface area contributed by atoms with Gasteiger partial charge < -0.3 is 15.8 Å². The van der Waals surface area contributed by atoms with E-state index in [-0.39, 0.29) is 24.3 Å². The van der Waals surface area contributed by atoms with Crippen LogP contribution in [0.5, 0.6) is 0 Å². The van der Waals surface area contributed by atoms with Crippen LogP contribution < -0.4 is 11.1 Å². The molecule has 0 fully saturated rings. The van der Waals surface area contributed by atoms with Gasteiger partial charge in [-0.25, -0.2) is 0 Å². The number of hydrogen-bond donors (Lipinski definition) is 2. The van der Waals surface area contributed by atoms with Gasteiger partial charge in [-0.05, 0) is 30.2 Å². The average Bonchev–Trinajstić information content (AvgIpc) is 2.62. The Balaban J connectivity index is 0.00000338. The maximum atomic E-state index is 12.6. The van der Waals surface area contributed by atoms with Crippen molar-refractivity contribution in [1.82, 2.24) is 0 Å². The summed E-state index contributed by atoms with van der Waals surface area (Å²) in [7, 11) is 1.37. The lowest BCUT2D eigenvalue weighted by molar-refractivity contribution is -0.137. The number of esters is 1.